The second-order valence-corrected chi connectivity index (χ2v) is 8.70. The maximum atomic E-state index is 4.69. The minimum absolute atomic E-state index is 0.704. The second-order valence-electron chi connectivity index (χ2n) is 8.70. The lowest BCUT2D eigenvalue weighted by Gasteiger charge is -2.31. The third-order valence-electron chi connectivity index (χ3n) is 6.30. The molecule has 7 heteroatoms. The monoisotopic (exact) mass is 433 g/mol. The molecule has 1 aliphatic rings. The van der Waals surface area contributed by atoms with Gasteiger partial charge in [-0.2, -0.15) is 0 Å². The molecule has 2 N–H and O–H groups in total. The van der Waals surface area contributed by atoms with Crippen LogP contribution in [0.25, 0.3) is 11.0 Å². The number of para-hydroxylation sites is 2. The molecule has 3 heterocycles. The van der Waals surface area contributed by atoms with E-state index in [1.807, 2.05) is 19.3 Å². The molecule has 4 rings (SSSR count). The average molecular weight is 434 g/mol. The quantitative estimate of drug-likeness (QED) is 0.338. The summed E-state index contributed by atoms with van der Waals surface area (Å²) in [6, 6.07) is 12.6. The summed E-state index contributed by atoms with van der Waals surface area (Å²) in [6.45, 7) is 9.09. The van der Waals surface area contributed by atoms with Crippen LogP contribution in [0.4, 0.5) is 5.82 Å². The van der Waals surface area contributed by atoms with Gasteiger partial charge in [0, 0.05) is 46.0 Å². The number of piperidine rings is 1. The Kier molecular flexibility index (Phi) is 7.24. The van der Waals surface area contributed by atoms with Gasteiger partial charge in [-0.15, -0.1) is 0 Å². The highest BCUT2D eigenvalue weighted by atomic mass is 15.2. The third kappa shape index (κ3) is 5.39. The SMILES string of the molecule is CN=C(NCCCn1c(C)nc2ccccc21)NCc1ccc(N2CCC(C)CC2)nc1. The first-order valence-corrected chi connectivity index (χ1v) is 11.7. The molecule has 0 atom stereocenters. The molecule has 1 saturated heterocycles. The first-order valence-electron chi connectivity index (χ1n) is 11.7. The van der Waals surface area contributed by atoms with Crippen LogP contribution in [0.5, 0.6) is 0 Å². The molecule has 7 nitrogen and oxygen atoms in total. The van der Waals surface area contributed by atoms with Crippen molar-refractivity contribution in [2.24, 2.45) is 10.9 Å². The van der Waals surface area contributed by atoms with Gasteiger partial charge in [0.25, 0.3) is 0 Å². The predicted molar refractivity (Wildman–Crippen MR) is 132 cm³/mol. The minimum atomic E-state index is 0.704. The Morgan fingerprint density at radius 2 is 1.94 bits per heavy atom. The van der Waals surface area contributed by atoms with Crippen LogP contribution in [0.2, 0.25) is 0 Å². The van der Waals surface area contributed by atoms with E-state index in [0.717, 1.165) is 67.2 Å². The van der Waals surface area contributed by atoms with Crippen molar-refractivity contribution in [2.75, 3.05) is 31.6 Å². The molecule has 170 valence electrons. The van der Waals surface area contributed by atoms with E-state index >= 15 is 0 Å². The normalized spacial score (nSPS) is 15.3. The van der Waals surface area contributed by atoms with E-state index in [2.05, 4.69) is 79.2 Å². The van der Waals surface area contributed by atoms with Crippen LogP contribution in [0, 0.1) is 12.8 Å². The molecule has 2 aromatic heterocycles. The molecule has 0 bridgehead atoms. The second kappa shape index (κ2) is 10.5. The van der Waals surface area contributed by atoms with Crippen molar-refractivity contribution in [3.63, 3.8) is 0 Å². The van der Waals surface area contributed by atoms with E-state index in [0.29, 0.717) is 6.54 Å². The topological polar surface area (TPSA) is 70.4 Å². The smallest absolute Gasteiger partial charge is 0.191 e. The number of nitrogens with zero attached hydrogens (tertiary/aromatic N) is 5. The molecule has 1 fully saturated rings. The number of aromatic nitrogens is 3. The van der Waals surface area contributed by atoms with Crippen LogP contribution < -0.4 is 15.5 Å². The molecule has 0 radical (unpaired) electrons. The number of aliphatic imine (C=N–C) groups is 1. The fourth-order valence-electron chi connectivity index (χ4n) is 4.27. The first kappa shape index (κ1) is 22.1. The van der Waals surface area contributed by atoms with Crippen molar-refractivity contribution in [3.05, 3.63) is 54.0 Å². The Morgan fingerprint density at radius 3 is 2.69 bits per heavy atom. The molecule has 0 saturated carbocycles. The van der Waals surface area contributed by atoms with Gasteiger partial charge in [0.05, 0.1) is 11.0 Å². The van der Waals surface area contributed by atoms with E-state index in [-0.39, 0.29) is 0 Å². The van der Waals surface area contributed by atoms with Crippen molar-refractivity contribution in [1.82, 2.24) is 25.2 Å². The lowest BCUT2D eigenvalue weighted by molar-refractivity contribution is 0.436. The molecule has 0 aliphatic carbocycles. The number of fused-ring (bicyclic) bond motifs is 1. The largest absolute Gasteiger partial charge is 0.357 e. The molecule has 3 aromatic rings. The van der Waals surface area contributed by atoms with Crippen LogP contribution in [0.15, 0.2) is 47.6 Å². The molecule has 0 amide bonds. The summed E-state index contributed by atoms with van der Waals surface area (Å²) in [5, 5.41) is 6.80. The number of rotatable bonds is 7. The van der Waals surface area contributed by atoms with Gasteiger partial charge in [0.2, 0.25) is 0 Å². The fraction of sp³-hybridized carbons (Fsp3) is 0.480. The van der Waals surface area contributed by atoms with Crippen molar-refractivity contribution in [1.29, 1.82) is 0 Å². The van der Waals surface area contributed by atoms with Crippen LogP contribution in [0.3, 0.4) is 0 Å². The Bertz CT molecular complexity index is 1030. The number of imidazole rings is 1. The minimum Gasteiger partial charge on any atom is -0.357 e. The zero-order chi connectivity index (χ0) is 22.3. The highest BCUT2D eigenvalue weighted by molar-refractivity contribution is 5.79. The van der Waals surface area contributed by atoms with Crippen LogP contribution in [0.1, 0.15) is 37.6 Å². The summed E-state index contributed by atoms with van der Waals surface area (Å²) in [4.78, 5) is 16.1. The number of hydrogen-bond donors (Lipinski definition) is 2. The Balaban J connectivity index is 1.21. The summed E-state index contributed by atoms with van der Waals surface area (Å²) >= 11 is 0. The van der Waals surface area contributed by atoms with Gasteiger partial charge in [-0.3, -0.25) is 4.99 Å². The standard InChI is InChI=1S/C25H35N7/c1-19-11-15-31(16-12-19)24-10-9-21(17-28-24)18-29-25(26-3)27-13-6-14-32-20(2)30-22-7-4-5-8-23(22)32/h4-5,7-10,17,19H,6,11-16,18H2,1-3H3,(H2,26,27,29). The molecule has 1 aliphatic heterocycles. The molecular weight excluding hydrogens is 398 g/mol. The van der Waals surface area contributed by atoms with E-state index in [1.165, 1.54) is 18.4 Å². The van der Waals surface area contributed by atoms with Gasteiger partial charge in [-0.1, -0.05) is 25.1 Å². The third-order valence-corrected chi connectivity index (χ3v) is 6.30. The molecule has 32 heavy (non-hydrogen) atoms. The van der Waals surface area contributed by atoms with Gasteiger partial charge in [0.15, 0.2) is 5.96 Å². The van der Waals surface area contributed by atoms with E-state index in [4.69, 9.17) is 0 Å². The number of anilines is 1. The predicted octanol–water partition coefficient (Wildman–Crippen LogP) is 3.73. The summed E-state index contributed by atoms with van der Waals surface area (Å²) in [5.41, 5.74) is 3.41. The zero-order valence-electron chi connectivity index (χ0n) is 19.5. The first-order chi connectivity index (χ1) is 15.6. The summed E-state index contributed by atoms with van der Waals surface area (Å²) < 4.78 is 2.28. The fourth-order valence-corrected chi connectivity index (χ4v) is 4.27. The van der Waals surface area contributed by atoms with Gasteiger partial charge in [-0.25, -0.2) is 9.97 Å². The van der Waals surface area contributed by atoms with Crippen molar-refractivity contribution in [3.8, 4) is 0 Å². The van der Waals surface area contributed by atoms with E-state index in [1.54, 1.807) is 0 Å². The molecule has 0 spiro atoms. The maximum Gasteiger partial charge on any atom is 0.191 e. The average Bonchev–Trinajstić information content (AvgIpc) is 3.14. The number of nitrogens with one attached hydrogen (secondary N) is 2. The summed E-state index contributed by atoms with van der Waals surface area (Å²) in [7, 11) is 1.81. The Labute approximate surface area is 191 Å². The summed E-state index contributed by atoms with van der Waals surface area (Å²) in [5.74, 6) is 3.79. The van der Waals surface area contributed by atoms with Crippen molar-refractivity contribution in [2.45, 2.75) is 46.2 Å². The highest BCUT2D eigenvalue weighted by Crippen LogP contribution is 2.21. The summed E-state index contributed by atoms with van der Waals surface area (Å²) in [6.07, 6.45) is 5.47. The highest BCUT2D eigenvalue weighted by Gasteiger charge is 2.16. The van der Waals surface area contributed by atoms with Gasteiger partial charge in [0.1, 0.15) is 11.6 Å². The van der Waals surface area contributed by atoms with E-state index < -0.39 is 0 Å². The van der Waals surface area contributed by atoms with E-state index in [9.17, 15) is 0 Å². The van der Waals surface area contributed by atoms with Crippen molar-refractivity contribution >= 4 is 22.8 Å². The van der Waals surface area contributed by atoms with Crippen LogP contribution in [-0.4, -0.2) is 47.2 Å². The lowest BCUT2D eigenvalue weighted by atomic mass is 9.99. The number of benzene rings is 1. The zero-order valence-corrected chi connectivity index (χ0v) is 19.5. The Morgan fingerprint density at radius 1 is 1.12 bits per heavy atom. The molecular formula is C25H35N7. The molecule has 0 unspecified atom stereocenters. The number of hydrogen-bond acceptors (Lipinski definition) is 4. The van der Waals surface area contributed by atoms with Gasteiger partial charge >= 0.3 is 0 Å². The number of aryl methyl sites for hydroxylation is 2. The van der Waals surface area contributed by atoms with Crippen LogP contribution >= 0.6 is 0 Å². The number of pyridine rings is 1. The Hall–Kier alpha value is -3.09. The maximum absolute atomic E-state index is 4.69. The number of guanidine groups is 1. The lowest BCUT2D eigenvalue weighted by Crippen LogP contribution is -2.37. The molecule has 1 aromatic carbocycles. The van der Waals surface area contributed by atoms with Gasteiger partial charge in [-0.05, 0) is 55.9 Å². The van der Waals surface area contributed by atoms with Crippen molar-refractivity contribution < 1.29 is 0 Å². The van der Waals surface area contributed by atoms with Crippen LogP contribution in [-0.2, 0) is 13.1 Å². The van der Waals surface area contributed by atoms with Gasteiger partial charge < -0.3 is 20.1 Å².